The summed E-state index contributed by atoms with van der Waals surface area (Å²) >= 11 is 0. The van der Waals surface area contributed by atoms with Gasteiger partial charge in [0.05, 0.1) is 6.61 Å². The third-order valence-corrected chi connectivity index (χ3v) is 3.24. The molecule has 21 heavy (non-hydrogen) atoms. The molecule has 0 saturated heterocycles. The van der Waals surface area contributed by atoms with E-state index in [0.29, 0.717) is 12.1 Å². The van der Waals surface area contributed by atoms with Crippen LogP contribution < -0.4 is 10.2 Å². The SMILES string of the molecule is CN(CCO)c1ccc(NCc2ccc(F)cc2F)cc1. The summed E-state index contributed by atoms with van der Waals surface area (Å²) in [5.74, 6) is -1.13. The lowest BCUT2D eigenvalue weighted by molar-refractivity contribution is 0.304. The molecule has 0 unspecified atom stereocenters. The first-order valence-electron chi connectivity index (χ1n) is 6.70. The summed E-state index contributed by atoms with van der Waals surface area (Å²) in [6, 6.07) is 11.1. The lowest BCUT2D eigenvalue weighted by Gasteiger charge is -2.18. The van der Waals surface area contributed by atoms with Crippen LogP contribution in [0, 0.1) is 11.6 Å². The summed E-state index contributed by atoms with van der Waals surface area (Å²) in [5, 5.41) is 12.0. The third kappa shape index (κ3) is 4.16. The summed E-state index contributed by atoms with van der Waals surface area (Å²) in [6.45, 7) is 0.950. The van der Waals surface area contributed by atoms with Crippen molar-refractivity contribution >= 4 is 11.4 Å². The minimum absolute atomic E-state index is 0.0976. The molecular weight excluding hydrogens is 274 g/mol. The van der Waals surface area contributed by atoms with Crippen molar-refractivity contribution in [2.75, 3.05) is 30.4 Å². The van der Waals surface area contributed by atoms with Crippen molar-refractivity contribution in [3.8, 4) is 0 Å². The summed E-state index contributed by atoms with van der Waals surface area (Å²) < 4.78 is 26.3. The minimum atomic E-state index is -0.576. The number of nitrogens with zero attached hydrogens (tertiary/aromatic N) is 1. The molecule has 2 rings (SSSR count). The predicted molar refractivity (Wildman–Crippen MR) is 80.5 cm³/mol. The van der Waals surface area contributed by atoms with Crippen LogP contribution in [0.1, 0.15) is 5.56 Å². The number of likely N-dealkylation sites (N-methyl/N-ethyl adjacent to an activating group) is 1. The highest BCUT2D eigenvalue weighted by Crippen LogP contribution is 2.18. The van der Waals surface area contributed by atoms with Crippen LogP contribution in [0.25, 0.3) is 0 Å². The van der Waals surface area contributed by atoms with E-state index < -0.39 is 11.6 Å². The topological polar surface area (TPSA) is 35.5 Å². The normalized spacial score (nSPS) is 10.5. The second-order valence-corrected chi connectivity index (χ2v) is 4.78. The molecule has 0 saturated carbocycles. The largest absolute Gasteiger partial charge is 0.395 e. The van der Waals surface area contributed by atoms with Gasteiger partial charge < -0.3 is 15.3 Å². The molecule has 0 atom stereocenters. The second kappa shape index (κ2) is 7.04. The van der Waals surface area contributed by atoms with E-state index in [1.165, 1.54) is 12.1 Å². The van der Waals surface area contributed by atoms with Crippen LogP contribution in [-0.2, 0) is 6.54 Å². The number of aliphatic hydroxyl groups is 1. The Bertz CT molecular complexity index is 587. The van der Waals surface area contributed by atoms with Gasteiger partial charge in [-0.05, 0) is 30.3 Å². The lowest BCUT2D eigenvalue weighted by Crippen LogP contribution is -2.20. The number of rotatable bonds is 6. The summed E-state index contributed by atoms with van der Waals surface area (Å²) in [4.78, 5) is 1.93. The van der Waals surface area contributed by atoms with Gasteiger partial charge in [-0.25, -0.2) is 8.78 Å². The van der Waals surface area contributed by atoms with E-state index in [2.05, 4.69) is 5.32 Å². The number of nitrogens with one attached hydrogen (secondary N) is 1. The number of benzene rings is 2. The fraction of sp³-hybridized carbons (Fsp3) is 0.250. The van der Waals surface area contributed by atoms with Gasteiger partial charge in [0.1, 0.15) is 11.6 Å². The van der Waals surface area contributed by atoms with E-state index in [-0.39, 0.29) is 13.2 Å². The zero-order valence-electron chi connectivity index (χ0n) is 11.8. The van der Waals surface area contributed by atoms with Gasteiger partial charge in [-0.3, -0.25) is 0 Å². The van der Waals surface area contributed by atoms with Crippen molar-refractivity contribution in [1.82, 2.24) is 0 Å². The van der Waals surface area contributed by atoms with Gasteiger partial charge in [0, 0.05) is 43.1 Å². The van der Waals surface area contributed by atoms with Gasteiger partial charge in [-0.15, -0.1) is 0 Å². The zero-order chi connectivity index (χ0) is 15.2. The highest BCUT2D eigenvalue weighted by Gasteiger charge is 2.04. The van der Waals surface area contributed by atoms with Crippen molar-refractivity contribution in [2.45, 2.75) is 6.54 Å². The molecule has 0 aliphatic carbocycles. The molecule has 0 bridgehead atoms. The fourth-order valence-electron chi connectivity index (χ4n) is 1.98. The predicted octanol–water partition coefficient (Wildman–Crippen LogP) is 3.01. The Hall–Kier alpha value is -2.14. The van der Waals surface area contributed by atoms with Crippen molar-refractivity contribution in [3.63, 3.8) is 0 Å². The van der Waals surface area contributed by atoms with Crippen LogP contribution in [0.15, 0.2) is 42.5 Å². The Morgan fingerprint density at radius 3 is 2.43 bits per heavy atom. The van der Waals surface area contributed by atoms with Crippen LogP contribution >= 0.6 is 0 Å². The van der Waals surface area contributed by atoms with Gasteiger partial charge in [0.25, 0.3) is 0 Å². The van der Waals surface area contributed by atoms with Crippen LogP contribution in [0.3, 0.4) is 0 Å². The lowest BCUT2D eigenvalue weighted by atomic mass is 10.2. The Balaban J connectivity index is 1.97. The summed E-state index contributed by atoms with van der Waals surface area (Å²) in [7, 11) is 1.90. The highest BCUT2D eigenvalue weighted by atomic mass is 19.1. The molecular formula is C16H18F2N2O. The number of hydrogen-bond acceptors (Lipinski definition) is 3. The van der Waals surface area contributed by atoms with E-state index in [4.69, 9.17) is 5.11 Å². The molecule has 2 aromatic carbocycles. The number of anilines is 2. The van der Waals surface area contributed by atoms with Gasteiger partial charge >= 0.3 is 0 Å². The van der Waals surface area contributed by atoms with E-state index in [1.54, 1.807) is 0 Å². The van der Waals surface area contributed by atoms with E-state index in [1.807, 2.05) is 36.2 Å². The van der Waals surface area contributed by atoms with Crippen molar-refractivity contribution in [3.05, 3.63) is 59.7 Å². The maximum atomic E-state index is 13.5. The average Bonchev–Trinajstić information content (AvgIpc) is 2.47. The van der Waals surface area contributed by atoms with E-state index in [9.17, 15) is 8.78 Å². The number of aliphatic hydroxyl groups excluding tert-OH is 1. The molecule has 0 aromatic heterocycles. The molecule has 0 heterocycles. The molecule has 0 fully saturated rings. The summed E-state index contributed by atoms with van der Waals surface area (Å²) in [5.41, 5.74) is 2.25. The monoisotopic (exact) mass is 292 g/mol. The van der Waals surface area contributed by atoms with Gasteiger partial charge in [-0.1, -0.05) is 6.07 Å². The number of hydrogen-bond donors (Lipinski definition) is 2. The highest BCUT2D eigenvalue weighted by molar-refractivity contribution is 5.54. The molecule has 2 N–H and O–H groups in total. The van der Waals surface area contributed by atoms with Crippen LogP contribution in [0.2, 0.25) is 0 Å². The Labute approximate surface area is 122 Å². The van der Waals surface area contributed by atoms with Crippen molar-refractivity contribution in [1.29, 1.82) is 0 Å². The Kier molecular flexibility index (Phi) is 5.11. The molecule has 0 aliphatic rings. The quantitative estimate of drug-likeness (QED) is 0.859. The molecule has 0 radical (unpaired) electrons. The standard InChI is InChI=1S/C16H18F2N2O/c1-20(8-9-21)15-6-4-14(5-7-15)19-11-12-2-3-13(17)10-16(12)18/h2-7,10,19,21H,8-9,11H2,1H3. The molecule has 5 heteroatoms. The smallest absolute Gasteiger partial charge is 0.131 e. The molecule has 0 spiro atoms. The number of halogens is 2. The zero-order valence-corrected chi connectivity index (χ0v) is 11.8. The molecule has 0 aliphatic heterocycles. The van der Waals surface area contributed by atoms with Gasteiger partial charge in [0.15, 0.2) is 0 Å². The van der Waals surface area contributed by atoms with Crippen LogP contribution in [0.5, 0.6) is 0 Å². The van der Waals surface area contributed by atoms with Gasteiger partial charge in [0.2, 0.25) is 0 Å². The van der Waals surface area contributed by atoms with Gasteiger partial charge in [-0.2, -0.15) is 0 Å². The molecule has 3 nitrogen and oxygen atoms in total. The first-order chi connectivity index (χ1) is 10.1. The first-order valence-corrected chi connectivity index (χ1v) is 6.70. The third-order valence-electron chi connectivity index (χ3n) is 3.24. The second-order valence-electron chi connectivity index (χ2n) is 4.78. The van der Waals surface area contributed by atoms with Crippen molar-refractivity contribution < 1.29 is 13.9 Å². The molecule has 112 valence electrons. The van der Waals surface area contributed by atoms with Crippen LogP contribution in [-0.4, -0.2) is 25.3 Å². The van der Waals surface area contributed by atoms with E-state index in [0.717, 1.165) is 17.4 Å². The Morgan fingerprint density at radius 1 is 1.10 bits per heavy atom. The molecule has 0 amide bonds. The minimum Gasteiger partial charge on any atom is -0.395 e. The summed E-state index contributed by atoms with van der Waals surface area (Å²) in [6.07, 6.45) is 0. The first kappa shape index (κ1) is 15.3. The van der Waals surface area contributed by atoms with Crippen molar-refractivity contribution in [2.24, 2.45) is 0 Å². The maximum Gasteiger partial charge on any atom is 0.131 e. The Morgan fingerprint density at radius 2 is 1.81 bits per heavy atom. The molecule has 2 aromatic rings. The van der Waals surface area contributed by atoms with E-state index >= 15 is 0 Å². The van der Waals surface area contributed by atoms with Crippen LogP contribution in [0.4, 0.5) is 20.2 Å². The maximum absolute atomic E-state index is 13.5. The average molecular weight is 292 g/mol. The fourth-order valence-corrected chi connectivity index (χ4v) is 1.98.